The molecule has 1 heterocycles. The van der Waals surface area contributed by atoms with E-state index in [9.17, 15) is 18.0 Å². The van der Waals surface area contributed by atoms with Gasteiger partial charge in [-0.3, -0.25) is 18.9 Å². The summed E-state index contributed by atoms with van der Waals surface area (Å²) >= 11 is 5.84. The lowest BCUT2D eigenvalue weighted by Gasteiger charge is -2.24. The van der Waals surface area contributed by atoms with Crippen LogP contribution in [0.1, 0.15) is 18.7 Å². The molecule has 0 saturated heterocycles. The highest BCUT2D eigenvalue weighted by atomic mass is 35.5. The lowest BCUT2D eigenvalue weighted by molar-refractivity contribution is -0.125. The first-order valence-electron chi connectivity index (χ1n) is 8.48. The number of aromatic nitrogens is 1. The van der Waals surface area contributed by atoms with E-state index in [2.05, 4.69) is 9.88 Å². The minimum Gasteiger partial charge on any atom is -0.387 e. The molecule has 0 fully saturated rings. The van der Waals surface area contributed by atoms with Crippen molar-refractivity contribution in [3.8, 4) is 0 Å². The number of nitrogens with zero attached hydrogens (tertiary/aromatic N) is 2. The summed E-state index contributed by atoms with van der Waals surface area (Å²) in [5.74, 6) is -1.30. The molecule has 1 amide bonds. The Morgan fingerprint density at radius 3 is 2.47 bits per heavy atom. The highest BCUT2D eigenvalue weighted by Gasteiger charge is 2.30. The lowest BCUT2D eigenvalue weighted by atomic mass is 10.1. The Morgan fingerprint density at radius 2 is 1.90 bits per heavy atom. The van der Waals surface area contributed by atoms with E-state index >= 15 is 0 Å². The smallest absolute Gasteiger partial charge is 0.275 e. The van der Waals surface area contributed by atoms with Gasteiger partial charge >= 0.3 is 0 Å². The number of guanidine groups is 1. The average molecular weight is 457 g/mol. The van der Waals surface area contributed by atoms with E-state index in [1.807, 2.05) is 0 Å². The van der Waals surface area contributed by atoms with Crippen LogP contribution in [0.3, 0.4) is 0 Å². The first-order chi connectivity index (χ1) is 13.9. The Bertz CT molecular complexity index is 1140. The summed E-state index contributed by atoms with van der Waals surface area (Å²) in [6.45, 7) is 2.97. The second kappa shape index (κ2) is 9.05. The third kappa shape index (κ3) is 5.21. The van der Waals surface area contributed by atoms with Crippen molar-refractivity contribution in [1.82, 2.24) is 4.57 Å². The number of hydrogen-bond acceptors (Lipinski definition) is 6. The zero-order chi connectivity index (χ0) is 22.6. The van der Waals surface area contributed by atoms with Gasteiger partial charge in [0.05, 0.1) is 4.90 Å². The normalized spacial score (nSPS) is 13.2. The third-order valence-corrected chi connectivity index (χ3v) is 5.61. The van der Waals surface area contributed by atoms with Crippen LogP contribution < -0.4 is 27.5 Å². The van der Waals surface area contributed by atoms with Gasteiger partial charge in [-0.05, 0) is 49.3 Å². The van der Waals surface area contributed by atoms with E-state index in [0.29, 0.717) is 5.69 Å². The number of benzene rings is 1. The van der Waals surface area contributed by atoms with Crippen molar-refractivity contribution in [2.24, 2.45) is 22.4 Å². The second-order valence-corrected chi connectivity index (χ2v) is 8.42. The third-order valence-electron chi connectivity index (χ3n) is 4.01. The van der Waals surface area contributed by atoms with Crippen molar-refractivity contribution in [2.45, 2.75) is 30.9 Å². The number of halogens is 1. The first-order valence-corrected chi connectivity index (χ1v) is 10.3. The van der Waals surface area contributed by atoms with Crippen molar-refractivity contribution in [1.29, 1.82) is 0 Å². The van der Waals surface area contributed by atoms with E-state index in [1.54, 1.807) is 6.92 Å². The summed E-state index contributed by atoms with van der Waals surface area (Å²) in [4.78, 5) is 30.0. The van der Waals surface area contributed by atoms with Crippen molar-refractivity contribution in [3.05, 3.63) is 57.5 Å². The highest BCUT2D eigenvalue weighted by molar-refractivity contribution is 7.92. The van der Waals surface area contributed by atoms with Gasteiger partial charge < -0.3 is 22.0 Å². The SMILES string of the molecule is Cc1ccc(NS(=O)(=O)c2cccc(Cl)c2)c(=O)n1C(C(N)=O)C(C)ON=C(N)N. The minimum absolute atomic E-state index is 0.141. The first kappa shape index (κ1) is 23.0. The van der Waals surface area contributed by atoms with Crippen molar-refractivity contribution in [3.63, 3.8) is 0 Å². The topological polar surface area (TPSA) is 185 Å². The van der Waals surface area contributed by atoms with Crippen molar-refractivity contribution < 1.29 is 18.0 Å². The van der Waals surface area contributed by atoms with Gasteiger partial charge in [0.2, 0.25) is 11.9 Å². The lowest BCUT2D eigenvalue weighted by Crippen LogP contribution is -2.42. The molecular formula is C17H21ClN6O5S. The molecule has 11 nitrogen and oxygen atoms in total. The number of sulfonamides is 1. The Balaban J connectivity index is 2.51. The zero-order valence-electron chi connectivity index (χ0n) is 16.1. The number of anilines is 1. The summed E-state index contributed by atoms with van der Waals surface area (Å²) in [6.07, 6.45) is -1.04. The number of rotatable bonds is 8. The molecule has 30 heavy (non-hydrogen) atoms. The number of oxime groups is 1. The summed E-state index contributed by atoms with van der Waals surface area (Å²) in [7, 11) is -4.13. The quantitative estimate of drug-likeness (QED) is 0.248. The number of pyridine rings is 1. The summed E-state index contributed by atoms with van der Waals surface area (Å²) in [5, 5.41) is 3.57. The van der Waals surface area contributed by atoms with Gasteiger partial charge in [0.25, 0.3) is 15.6 Å². The molecule has 13 heteroatoms. The largest absolute Gasteiger partial charge is 0.387 e. The molecule has 1 aromatic heterocycles. The predicted molar refractivity (Wildman–Crippen MR) is 112 cm³/mol. The number of nitrogens with one attached hydrogen (secondary N) is 1. The van der Waals surface area contributed by atoms with E-state index in [0.717, 1.165) is 4.57 Å². The highest BCUT2D eigenvalue weighted by Crippen LogP contribution is 2.20. The molecule has 0 spiro atoms. The molecule has 2 atom stereocenters. The van der Waals surface area contributed by atoms with Crippen LogP contribution in [0.25, 0.3) is 0 Å². The number of hydrogen-bond donors (Lipinski definition) is 4. The summed E-state index contributed by atoms with van der Waals surface area (Å²) in [6, 6.07) is 6.91. The Morgan fingerprint density at radius 1 is 1.23 bits per heavy atom. The monoisotopic (exact) mass is 456 g/mol. The van der Waals surface area contributed by atoms with E-state index in [-0.39, 0.29) is 15.6 Å². The Labute approximate surface area is 177 Å². The molecular weight excluding hydrogens is 436 g/mol. The van der Waals surface area contributed by atoms with Gasteiger partial charge in [-0.2, -0.15) is 0 Å². The molecule has 2 aromatic rings. The Hall–Kier alpha value is -3.25. The van der Waals surface area contributed by atoms with Crippen LogP contribution in [0.15, 0.2) is 51.2 Å². The number of aryl methyl sites for hydroxylation is 1. The van der Waals surface area contributed by atoms with Crippen LogP contribution in [-0.4, -0.2) is 31.0 Å². The van der Waals surface area contributed by atoms with Gasteiger partial charge in [-0.1, -0.05) is 17.7 Å². The molecule has 2 unspecified atom stereocenters. The molecule has 0 bridgehead atoms. The fourth-order valence-electron chi connectivity index (χ4n) is 2.68. The van der Waals surface area contributed by atoms with E-state index < -0.39 is 39.6 Å². The van der Waals surface area contributed by atoms with Gasteiger partial charge in [0.1, 0.15) is 5.69 Å². The average Bonchev–Trinajstić information content (AvgIpc) is 2.65. The minimum atomic E-state index is -4.13. The van der Waals surface area contributed by atoms with Crippen LogP contribution in [0.4, 0.5) is 5.69 Å². The van der Waals surface area contributed by atoms with Gasteiger partial charge in [0.15, 0.2) is 12.1 Å². The molecule has 1 aromatic carbocycles. The maximum atomic E-state index is 13.0. The molecule has 0 aliphatic carbocycles. The van der Waals surface area contributed by atoms with Crippen LogP contribution in [0.2, 0.25) is 5.02 Å². The second-order valence-electron chi connectivity index (χ2n) is 6.30. The summed E-state index contributed by atoms with van der Waals surface area (Å²) < 4.78 is 28.5. The molecule has 162 valence electrons. The molecule has 0 radical (unpaired) electrons. The summed E-state index contributed by atoms with van der Waals surface area (Å²) in [5.41, 5.74) is 15.1. The number of carbonyl (C=O) groups is 1. The molecule has 2 rings (SSSR count). The van der Waals surface area contributed by atoms with Gasteiger partial charge in [-0.15, -0.1) is 0 Å². The number of primary amides is 1. The Kier molecular flexibility index (Phi) is 6.95. The van der Waals surface area contributed by atoms with E-state index in [1.165, 1.54) is 43.3 Å². The predicted octanol–water partition coefficient (Wildman–Crippen LogP) is 0.231. The van der Waals surface area contributed by atoms with Crippen LogP contribution >= 0.6 is 11.6 Å². The maximum Gasteiger partial charge on any atom is 0.275 e. The fourth-order valence-corrected chi connectivity index (χ4v) is 4.03. The van der Waals surface area contributed by atoms with Crippen LogP contribution in [-0.2, 0) is 19.7 Å². The van der Waals surface area contributed by atoms with Gasteiger partial charge in [0, 0.05) is 10.7 Å². The maximum absolute atomic E-state index is 13.0. The zero-order valence-corrected chi connectivity index (χ0v) is 17.6. The van der Waals surface area contributed by atoms with Crippen LogP contribution in [0.5, 0.6) is 0 Å². The van der Waals surface area contributed by atoms with Gasteiger partial charge in [-0.25, -0.2) is 8.42 Å². The van der Waals surface area contributed by atoms with E-state index in [4.69, 9.17) is 33.6 Å². The molecule has 0 aliphatic heterocycles. The van der Waals surface area contributed by atoms with Crippen molar-refractivity contribution >= 4 is 39.2 Å². The molecule has 0 aliphatic rings. The molecule has 7 N–H and O–H groups in total. The number of nitrogens with two attached hydrogens (primary N) is 3. The number of carbonyl (C=O) groups excluding carboxylic acids is 1. The molecule has 0 saturated carbocycles. The number of amides is 1. The van der Waals surface area contributed by atoms with Crippen LogP contribution in [0, 0.1) is 6.92 Å². The fraction of sp³-hybridized carbons (Fsp3) is 0.235. The standard InChI is InChI=1S/C17H21ClN6O5S/c1-9-6-7-13(23-30(27,28)12-5-3-4-11(18)8-12)16(26)24(9)14(15(19)25)10(2)29-22-17(20)21/h3-8,10,14,23H,1-2H3,(H2,19,25)(H4,20,21,22). The van der Waals surface area contributed by atoms with Crippen molar-refractivity contribution in [2.75, 3.05) is 4.72 Å².